The third kappa shape index (κ3) is 3.46. The van der Waals surface area contributed by atoms with Gasteiger partial charge in [0.15, 0.2) is 0 Å². The van der Waals surface area contributed by atoms with E-state index in [1.165, 1.54) is 28.0 Å². The van der Waals surface area contributed by atoms with Crippen LogP contribution in [0.15, 0.2) is 36.1 Å². The summed E-state index contributed by atoms with van der Waals surface area (Å²) in [6.45, 7) is 14.7. The first-order valence-electron chi connectivity index (χ1n) is 6.92. The minimum Gasteiger partial charge on any atom is -0.268 e. The highest BCUT2D eigenvalue weighted by Crippen LogP contribution is 2.31. The molecule has 1 aromatic heterocycles. The monoisotopic (exact) mass is 258 g/mol. The maximum atomic E-state index is 4.38. The highest BCUT2D eigenvalue weighted by atomic mass is 15.3. The molecule has 0 aromatic carbocycles. The van der Waals surface area contributed by atoms with Gasteiger partial charge in [-0.25, -0.2) is 0 Å². The van der Waals surface area contributed by atoms with Crippen LogP contribution in [-0.2, 0) is 7.05 Å². The summed E-state index contributed by atoms with van der Waals surface area (Å²) >= 11 is 0. The Kier molecular flexibility index (Phi) is 5.34. The van der Waals surface area contributed by atoms with Gasteiger partial charge in [-0.1, -0.05) is 38.2 Å². The van der Waals surface area contributed by atoms with Gasteiger partial charge in [0.2, 0.25) is 0 Å². The smallest absolute Gasteiger partial charge is 0.0673 e. The molecule has 0 amide bonds. The molecule has 0 N–H and O–H groups in total. The molecule has 2 nitrogen and oxygen atoms in total. The van der Waals surface area contributed by atoms with Crippen LogP contribution in [0.2, 0.25) is 0 Å². The van der Waals surface area contributed by atoms with E-state index in [0.717, 1.165) is 6.42 Å². The summed E-state index contributed by atoms with van der Waals surface area (Å²) in [5, 5.41) is 4.38. The molecule has 0 aliphatic carbocycles. The van der Waals surface area contributed by atoms with Gasteiger partial charge >= 0.3 is 0 Å². The van der Waals surface area contributed by atoms with Gasteiger partial charge in [0.1, 0.15) is 0 Å². The van der Waals surface area contributed by atoms with Gasteiger partial charge < -0.3 is 0 Å². The van der Waals surface area contributed by atoms with E-state index in [1.54, 1.807) is 0 Å². The lowest BCUT2D eigenvalue weighted by atomic mass is 9.89. The second-order valence-corrected chi connectivity index (χ2v) is 5.30. The summed E-state index contributed by atoms with van der Waals surface area (Å²) in [6, 6.07) is 0. The quantitative estimate of drug-likeness (QED) is 0.701. The minimum atomic E-state index is 0.517. The molecule has 0 aliphatic heterocycles. The Morgan fingerprint density at radius 2 is 2.11 bits per heavy atom. The van der Waals surface area contributed by atoms with Crippen molar-refractivity contribution >= 4 is 5.57 Å². The zero-order valence-corrected chi connectivity index (χ0v) is 13.1. The molecule has 1 atom stereocenters. The molecule has 0 bridgehead atoms. The maximum Gasteiger partial charge on any atom is 0.0673 e. The van der Waals surface area contributed by atoms with E-state index in [1.807, 2.05) is 24.0 Å². The third-order valence-electron chi connectivity index (χ3n) is 3.67. The Bertz CT molecular complexity index is 496. The molecule has 0 spiro atoms. The number of hydrogen-bond acceptors (Lipinski definition) is 1. The number of aryl methyl sites for hydroxylation is 2. The summed E-state index contributed by atoms with van der Waals surface area (Å²) in [7, 11) is 2.02. The first kappa shape index (κ1) is 15.5. The van der Waals surface area contributed by atoms with Crippen molar-refractivity contribution in [2.45, 2.75) is 41.0 Å². The van der Waals surface area contributed by atoms with Crippen LogP contribution >= 0.6 is 0 Å². The van der Waals surface area contributed by atoms with E-state index < -0.39 is 0 Å². The second kappa shape index (κ2) is 6.55. The van der Waals surface area contributed by atoms with E-state index in [4.69, 9.17) is 0 Å². The van der Waals surface area contributed by atoms with Crippen molar-refractivity contribution in [1.82, 2.24) is 9.78 Å². The molecule has 0 saturated heterocycles. The molecule has 0 fully saturated rings. The lowest BCUT2D eigenvalue weighted by molar-refractivity contribution is 0.685. The summed E-state index contributed by atoms with van der Waals surface area (Å²) < 4.78 is 1.98. The van der Waals surface area contributed by atoms with Gasteiger partial charge in [0.05, 0.1) is 11.9 Å². The number of hydrogen-bond donors (Lipinski definition) is 0. The van der Waals surface area contributed by atoms with Crippen LogP contribution in [-0.4, -0.2) is 9.78 Å². The summed E-state index contributed by atoms with van der Waals surface area (Å²) in [5.41, 5.74) is 6.37. The zero-order valence-electron chi connectivity index (χ0n) is 13.1. The van der Waals surface area contributed by atoms with E-state index in [9.17, 15) is 0 Å². The number of allylic oxidation sites excluding steroid dienone is 5. The summed E-state index contributed by atoms with van der Waals surface area (Å²) in [6.07, 6.45) is 7.17. The first-order valence-corrected chi connectivity index (χ1v) is 6.92. The lowest BCUT2D eigenvalue weighted by Gasteiger charge is -2.18. The van der Waals surface area contributed by atoms with E-state index in [-0.39, 0.29) is 0 Å². The highest BCUT2D eigenvalue weighted by Gasteiger charge is 2.17. The van der Waals surface area contributed by atoms with E-state index >= 15 is 0 Å². The molecule has 19 heavy (non-hydrogen) atoms. The topological polar surface area (TPSA) is 17.8 Å². The van der Waals surface area contributed by atoms with Gasteiger partial charge in [0.25, 0.3) is 0 Å². The van der Waals surface area contributed by atoms with Gasteiger partial charge in [-0.3, -0.25) is 4.68 Å². The van der Waals surface area contributed by atoms with Crippen LogP contribution in [0.4, 0.5) is 0 Å². The van der Waals surface area contributed by atoms with E-state index in [2.05, 4.69) is 52.4 Å². The largest absolute Gasteiger partial charge is 0.268 e. The third-order valence-corrected chi connectivity index (χ3v) is 3.67. The molecule has 1 heterocycles. The van der Waals surface area contributed by atoms with Crippen LogP contribution in [0.1, 0.15) is 45.4 Å². The Morgan fingerprint density at radius 3 is 2.53 bits per heavy atom. The maximum absolute atomic E-state index is 4.38. The van der Waals surface area contributed by atoms with Crippen molar-refractivity contribution in [2.75, 3.05) is 0 Å². The summed E-state index contributed by atoms with van der Waals surface area (Å²) in [4.78, 5) is 0. The fourth-order valence-electron chi connectivity index (χ4n) is 2.43. The van der Waals surface area contributed by atoms with Crippen LogP contribution < -0.4 is 0 Å². The molecular formula is C17H26N2. The van der Waals surface area contributed by atoms with Crippen molar-refractivity contribution in [3.63, 3.8) is 0 Å². The molecule has 0 saturated carbocycles. The average molecular weight is 258 g/mol. The molecular weight excluding hydrogens is 232 g/mol. The molecule has 1 unspecified atom stereocenters. The zero-order chi connectivity index (χ0) is 14.6. The average Bonchev–Trinajstić information content (AvgIpc) is 2.70. The van der Waals surface area contributed by atoms with Crippen molar-refractivity contribution in [3.8, 4) is 0 Å². The SMILES string of the molecule is C=C/C(C)=C/C(C)=C(/c1c(C)cnn1C)C(C)CC. The molecule has 2 heteroatoms. The van der Waals surface area contributed by atoms with Gasteiger partial charge in [-0.05, 0) is 49.8 Å². The Labute approximate surface area is 117 Å². The fourth-order valence-corrected chi connectivity index (χ4v) is 2.43. The number of aromatic nitrogens is 2. The Morgan fingerprint density at radius 1 is 1.47 bits per heavy atom. The predicted molar refractivity (Wildman–Crippen MR) is 83.9 cm³/mol. The second-order valence-electron chi connectivity index (χ2n) is 5.30. The van der Waals surface area contributed by atoms with Gasteiger partial charge in [0, 0.05) is 7.05 Å². The standard InChI is InChI=1S/C17H26N2/c1-8-12(3)10-14(5)16(13(4)9-2)17-15(6)11-18-19(17)7/h8,10-11,13H,1,9H2,2-7H3/b12-10+,16-14+. The predicted octanol–water partition coefficient (Wildman–Crippen LogP) is 4.68. The molecule has 1 rings (SSSR count). The van der Waals surface area contributed by atoms with Crippen LogP contribution in [0, 0.1) is 12.8 Å². The fraction of sp³-hybridized carbons (Fsp3) is 0.471. The minimum absolute atomic E-state index is 0.517. The Hall–Kier alpha value is -1.57. The molecule has 0 aliphatic rings. The van der Waals surface area contributed by atoms with Crippen molar-refractivity contribution in [1.29, 1.82) is 0 Å². The molecule has 104 valence electrons. The number of rotatable bonds is 5. The van der Waals surface area contributed by atoms with Crippen molar-refractivity contribution in [3.05, 3.63) is 47.3 Å². The molecule has 0 radical (unpaired) electrons. The van der Waals surface area contributed by atoms with Crippen LogP contribution in [0.3, 0.4) is 0 Å². The first-order chi connectivity index (χ1) is 8.92. The lowest BCUT2D eigenvalue weighted by Crippen LogP contribution is -2.07. The van der Waals surface area contributed by atoms with E-state index in [0.29, 0.717) is 5.92 Å². The van der Waals surface area contributed by atoms with Crippen molar-refractivity contribution < 1.29 is 0 Å². The highest BCUT2D eigenvalue weighted by molar-refractivity contribution is 5.72. The molecule has 1 aromatic rings. The summed E-state index contributed by atoms with van der Waals surface area (Å²) in [5.74, 6) is 0.517. The Balaban J connectivity index is 3.47. The van der Waals surface area contributed by atoms with Crippen molar-refractivity contribution in [2.24, 2.45) is 13.0 Å². The van der Waals surface area contributed by atoms with Crippen LogP contribution in [0.25, 0.3) is 5.57 Å². The van der Waals surface area contributed by atoms with Gasteiger partial charge in [-0.2, -0.15) is 5.10 Å². The van der Waals surface area contributed by atoms with Gasteiger partial charge in [-0.15, -0.1) is 0 Å². The van der Waals surface area contributed by atoms with Crippen LogP contribution in [0.5, 0.6) is 0 Å². The normalized spacial score (nSPS) is 15.2. The number of nitrogens with zero attached hydrogens (tertiary/aromatic N) is 2.